The number of amides is 2. The number of benzene rings is 1. The van der Waals surface area contributed by atoms with E-state index in [-0.39, 0.29) is 6.03 Å². The summed E-state index contributed by atoms with van der Waals surface area (Å²) < 4.78 is 9.47. The Kier molecular flexibility index (Phi) is 5.82. The van der Waals surface area contributed by atoms with Crippen LogP contribution in [0.1, 0.15) is 13.8 Å². The molecule has 0 radical (unpaired) electrons. The second-order valence-corrected chi connectivity index (χ2v) is 5.83. The van der Waals surface area contributed by atoms with Gasteiger partial charge in [0.25, 0.3) is 0 Å². The molecule has 2 aromatic rings. The number of hydrogen-bond acceptors (Lipinski definition) is 6. The van der Waals surface area contributed by atoms with Gasteiger partial charge in [-0.3, -0.25) is 5.32 Å². The molecule has 1 aromatic carbocycles. The van der Waals surface area contributed by atoms with Gasteiger partial charge in [0, 0.05) is 17.2 Å². The van der Waals surface area contributed by atoms with Crippen molar-refractivity contribution in [2.45, 2.75) is 19.0 Å². The van der Waals surface area contributed by atoms with E-state index >= 15 is 0 Å². The molecule has 0 saturated heterocycles. The number of carbonyl (C=O) groups excluding carboxylic acids is 1. The van der Waals surface area contributed by atoms with Crippen molar-refractivity contribution in [2.75, 3.05) is 23.0 Å². The lowest BCUT2D eigenvalue weighted by molar-refractivity contribution is 0.262. The van der Waals surface area contributed by atoms with Gasteiger partial charge in [0.2, 0.25) is 10.3 Å². The molecule has 1 heterocycles. The third-order valence-corrected chi connectivity index (χ3v) is 3.80. The van der Waals surface area contributed by atoms with Crippen molar-refractivity contribution >= 4 is 40.1 Å². The summed E-state index contributed by atoms with van der Waals surface area (Å²) in [5, 5.41) is 6.55. The molecule has 0 spiro atoms. The van der Waals surface area contributed by atoms with Crippen molar-refractivity contribution in [3.63, 3.8) is 0 Å². The number of aromatic nitrogens is 2. The standard InChI is InChI=1S/C13H16N4O2S2/c1-3-19-10-7-5-9(6-8-10)14-11(18)15-12-16-13(17-21-12)20-4-2/h5-8H,3-4H2,1-2H3,(H2,14,15,16,17,18). The number of carbonyl (C=O) groups is 1. The molecule has 1 aromatic heterocycles. The number of anilines is 2. The van der Waals surface area contributed by atoms with Crippen LogP contribution in [-0.2, 0) is 0 Å². The minimum absolute atomic E-state index is 0.344. The smallest absolute Gasteiger partial charge is 0.325 e. The first kappa shape index (κ1) is 15.6. The van der Waals surface area contributed by atoms with Crippen molar-refractivity contribution in [1.29, 1.82) is 0 Å². The molecule has 2 N–H and O–H groups in total. The second-order valence-electron chi connectivity index (χ2n) is 3.85. The maximum atomic E-state index is 11.8. The fourth-order valence-electron chi connectivity index (χ4n) is 1.51. The highest BCUT2D eigenvalue weighted by atomic mass is 32.2. The monoisotopic (exact) mass is 324 g/mol. The Labute approximate surface area is 131 Å². The van der Waals surface area contributed by atoms with Crippen LogP contribution in [0.2, 0.25) is 0 Å². The minimum Gasteiger partial charge on any atom is -0.494 e. The molecule has 8 heteroatoms. The Hall–Kier alpha value is -1.80. The van der Waals surface area contributed by atoms with Crippen molar-refractivity contribution < 1.29 is 9.53 Å². The molecular formula is C13H16N4O2S2. The molecular weight excluding hydrogens is 308 g/mol. The maximum absolute atomic E-state index is 11.8. The van der Waals surface area contributed by atoms with Gasteiger partial charge in [0.05, 0.1) is 6.61 Å². The van der Waals surface area contributed by atoms with Crippen molar-refractivity contribution in [1.82, 2.24) is 9.36 Å². The highest BCUT2D eigenvalue weighted by Crippen LogP contribution is 2.20. The van der Waals surface area contributed by atoms with Gasteiger partial charge >= 0.3 is 6.03 Å². The van der Waals surface area contributed by atoms with Gasteiger partial charge in [-0.15, -0.1) is 0 Å². The number of hydrogen-bond donors (Lipinski definition) is 2. The number of rotatable bonds is 6. The molecule has 0 aliphatic carbocycles. The summed E-state index contributed by atoms with van der Waals surface area (Å²) >= 11 is 2.70. The van der Waals surface area contributed by atoms with Gasteiger partial charge in [-0.05, 0) is 36.9 Å². The molecule has 0 atom stereocenters. The largest absolute Gasteiger partial charge is 0.494 e. The van der Waals surface area contributed by atoms with Crippen LogP contribution >= 0.6 is 23.3 Å². The van der Waals surface area contributed by atoms with Crippen LogP contribution in [0, 0.1) is 0 Å². The van der Waals surface area contributed by atoms with Gasteiger partial charge < -0.3 is 10.1 Å². The van der Waals surface area contributed by atoms with Crippen LogP contribution in [-0.4, -0.2) is 27.7 Å². The van der Waals surface area contributed by atoms with Gasteiger partial charge in [-0.1, -0.05) is 18.7 Å². The second kappa shape index (κ2) is 7.84. The van der Waals surface area contributed by atoms with Crippen LogP contribution in [0.5, 0.6) is 5.75 Å². The third-order valence-electron chi connectivity index (χ3n) is 2.32. The minimum atomic E-state index is -0.344. The van der Waals surface area contributed by atoms with Gasteiger partial charge in [0.1, 0.15) is 5.75 Å². The Morgan fingerprint density at radius 3 is 2.71 bits per heavy atom. The molecule has 0 fully saturated rings. The third kappa shape index (κ3) is 4.91. The molecule has 2 rings (SSSR count). The summed E-state index contributed by atoms with van der Waals surface area (Å²) in [6, 6.07) is 6.83. The molecule has 6 nitrogen and oxygen atoms in total. The van der Waals surface area contributed by atoms with E-state index < -0.39 is 0 Å². The Morgan fingerprint density at radius 2 is 2.05 bits per heavy atom. The van der Waals surface area contributed by atoms with Crippen LogP contribution in [0.15, 0.2) is 29.4 Å². The van der Waals surface area contributed by atoms with Gasteiger partial charge in [0.15, 0.2) is 0 Å². The van der Waals surface area contributed by atoms with Crippen molar-refractivity contribution in [3.8, 4) is 5.75 Å². The average molecular weight is 324 g/mol. The Balaban J connectivity index is 1.88. The van der Waals surface area contributed by atoms with Gasteiger partial charge in [-0.25, -0.2) is 4.79 Å². The molecule has 112 valence electrons. The summed E-state index contributed by atoms with van der Waals surface area (Å²) in [4.78, 5) is 16.0. The predicted octanol–water partition coefficient (Wildman–Crippen LogP) is 3.69. The highest BCUT2D eigenvalue weighted by molar-refractivity contribution is 7.99. The zero-order valence-electron chi connectivity index (χ0n) is 11.8. The highest BCUT2D eigenvalue weighted by Gasteiger charge is 2.08. The lowest BCUT2D eigenvalue weighted by Gasteiger charge is -2.06. The average Bonchev–Trinajstić information content (AvgIpc) is 2.89. The van der Waals surface area contributed by atoms with E-state index in [0.717, 1.165) is 23.0 Å². The SMILES string of the molecule is CCOc1ccc(NC(=O)Nc2nc(SCC)ns2)cc1. The summed E-state index contributed by atoms with van der Waals surface area (Å²) in [7, 11) is 0. The summed E-state index contributed by atoms with van der Waals surface area (Å²) in [6.45, 7) is 4.56. The maximum Gasteiger partial charge on any atom is 0.325 e. The molecule has 2 amide bonds. The zero-order valence-corrected chi connectivity index (χ0v) is 13.4. The number of thioether (sulfide) groups is 1. The number of ether oxygens (including phenoxy) is 1. The number of nitrogens with zero attached hydrogens (tertiary/aromatic N) is 2. The molecule has 0 aliphatic rings. The van der Waals surface area contributed by atoms with Crippen LogP contribution < -0.4 is 15.4 Å². The summed E-state index contributed by atoms with van der Waals surface area (Å²) in [5.41, 5.74) is 0.684. The van der Waals surface area contributed by atoms with E-state index in [9.17, 15) is 4.79 Å². The number of urea groups is 1. The van der Waals surface area contributed by atoms with Crippen molar-refractivity contribution in [3.05, 3.63) is 24.3 Å². The zero-order chi connectivity index (χ0) is 15.1. The Morgan fingerprint density at radius 1 is 1.29 bits per heavy atom. The fourth-order valence-corrected chi connectivity index (χ4v) is 2.77. The molecule has 0 aliphatic heterocycles. The molecule has 21 heavy (non-hydrogen) atoms. The normalized spacial score (nSPS) is 10.2. The Bertz CT molecular complexity index is 586. The predicted molar refractivity (Wildman–Crippen MR) is 86.6 cm³/mol. The topological polar surface area (TPSA) is 76.1 Å². The van der Waals surface area contributed by atoms with E-state index in [0.29, 0.717) is 22.6 Å². The first-order valence-corrected chi connectivity index (χ1v) is 8.24. The quantitative estimate of drug-likeness (QED) is 0.793. The van der Waals surface area contributed by atoms with E-state index in [1.165, 1.54) is 11.8 Å². The molecule has 0 unspecified atom stereocenters. The summed E-state index contributed by atoms with van der Waals surface area (Å²) in [6.07, 6.45) is 0. The first-order valence-electron chi connectivity index (χ1n) is 6.48. The molecule has 0 saturated carbocycles. The lowest BCUT2D eigenvalue weighted by Crippen LogP contribution is -2.19. The summed E-state index contributed by atoms with van der Waals surface area (Å²) in [5.74, 6) is 1.67. The van der Waals surface area contributed by atoms with Crippen LogP contribution in [0.3, 0.4) is 0 Å². The molecule has 0 bridgehead atoms. The van der Waals surface area contributed by atoms with E-state index in [2.05, 4.69) is 20.0 Å². The number of nitrogens with one attached hydrogen (secondary N) is 2. The van der Waals surface area contributed by atoms with Crippen LogP contribution in [0.4, 0.5) is 15.6 Å². The van der Waals surface area contributed by atoms with Gasteiger partial charge in [-0.2, -0.15) is 9.36 Å². The first-order chi connectivity index (χ1) is 10.2. The van der Waals surface area contributed by atoms with Crippen LogP contribution in [0.25, 0.3) is 0 Å². The van der Waals surface area contributed by atoms with E-state index in [4.69, 9.17) is 4.74 Å². The fraction of sp³-hybridized carbons (Fsp3) is 0.308. The lowest BCUT2D eigenvalue weighted by atomic mass is 10.3. The van der Waals surface area contributed by atoms with E-state index in [1.54, 1.807) is 24.3 Å². The van der Waals surface area contributed by atoms with E-state index in [1.807, 2.05) is 13.8 Å². The van der Waals surface area contributed by atoms with Crippen molar-refractivity contribution in [2.24, 2.45) is 0 Å².